The number of fused-ring (bicyclic) bond motifs is 2. The number of anilines is 6. The minimum Gasteiger partial charge on any atom is -0.494 e. The summed E-state index contributed by atoms with van der Waals surface area (Å²) >= 11 is 6.68. The van der Waals surface area contributed by atoms with Crippen molar-refractivity contribution in [1.82, 2.24) is 49.7 Å². The number of carbonyl (C=O) groups excluding carboxylic acids is 4. The lowest BCUT2D eigenvalue weighted by molar-refractivity contribution is -0.136. The molecule has 11 rings (SSSR count). The van der Waals surface area contributed by atoms with Crippen LogP contribution in [0.5, 0.6) is 5.75 Å². The first kappa shape index (κ1) is 51.1. The number of hydrogen-bond donors (Lipinski definition) is 3. The summed E-state index contributed by atoms with van der Waals surface area (Å²) in [6.07, 6.45) is 12.8. The Bertz CT molecular complexity index is 3330. The molecular weight excluding hydrogens is 1010 g/mol. The zero-order chi connectivity index (χ0) is 53.0. The molecule has 0 aliphatic carbocycles. The normalized spacial score (nSPS) is 19.4. The van der Waals surface area contributed by atoms with Gasteiger partial charge in [0.05, 0.1) is 58.5 Å². The van der Waals surface area contributed by atoms with E-state index in [1.807, 2.05) is 42.5 Å². The molecule has 5 aliphatic heterocycles. The van der Waals surface area contributed by atoms with Crippen molar-refractivity contribution >= 4 is 93.2 Å². The maximum absolute atomic E-state index is 15.6. The number of rotatable bonds is 13. The van der Waals surface area contributed by atoms with Crippen LogP contribution in [-0.4, -0.2) is 159 Å². The van der Waals surface area contributed by atoms with Crippen molar-refractivity contribution in [2.75, 3.05) is 99.8 Å². The molecular formula is C53H59ClFN14O6P. The van der Waals surface area contributed by atoms with Crippen molar-refractivity contribution in [3.05, 3.63) is 89.3 Å². The Labute approximate surface area is 443 Å². The van der Waals surface area contributed by atoms with E-state index in [0.717, 1.165) is 99.3 Å². The van der Waals surface area contributed by atoms with E-state index in [2.05, 4.69) is 56.8 Å². The Hall–Kier alpha value is -7.06. The molecule has 4 saturated heterocycles. The number of aryl methyl sites for hydroxylation is 1. The van der Waals surface area contributed by atoms with Crippen LogP contribution in [-0.2, 0) is 21.2 Å². The molecule has 4 amide bonds. The summed E-state index contributed by atoms with van der Waals surface area (Å²) < 4.78 is 37.1. The number of nitrogens with zero attached hydrogens (tertiary/aromatic N) is 11. The zero-order valence-corrected chi connectivity index (χ0v) is 44.4. The molecule has 396 valence electrons. The second kappa shape index (κ2) is 20.8. The number of hydrogen-bond acceptors (Lipinski definition) is 17. The van der Waals surface area contributed by atoms with E-state index >= 15 is 4.39 Å². The highest BCUT2D eigenvalue weighted by atomic mass is 35.5. The molecule has 3 aromatic heterocycles. The molecule has 4 fully saturated rings. The molecule has 0 radical (unpaired) electrons. The number of piperidine rings is 3. The molecule has 6 aromatic rings. The van der Waals surface area contributed by atoms with Gasteiger partial charge in [-0.15, -0.1) is 0 Å². The number of ether oxygens (including phenoxy) is 1. The first-order valence-corrected chi connectivity index (χ1v) is 28.7. The summed E-state index contributed by atoms with van der Waals surface area (Å²) in [6, 6.07) is 9.67. The third-order valence-electron chi connectivity index (χ3n) is 15.4. The molecule has 5 aliphatic rings. The molecule has 0 saturated carbocycles. The molecule has 76 heavy (non-hydrogen) atoms. The first-order valence-electron chi connectivity index (χ1n) is 25.7. The SMILES string of the molecule is COc1cc(N2CCC(N3CCC(CN4CCN(c5cc6c(cc5F)C(=O)N([C@H]5CCC(=O)NC5=O)C6=O)CC4)CC3)CC2)c(-c2cnn(C)c2)cc1Nc1ncc(Cl)c(Nc2ccc3nccnc3c2P(C)(C)=O)n1. The Balaban J connectivity index is 0.704. The van der Waals surface area contributed by atoms with Gasteiger partial charge in [0, 0.05) is 107 Å². The number of benzene rings is 3. The van der Waals surface area contributed by atoms with Gasteiger partial charge in [-0.05, 0) is 94.8 Å². The molecule has 23 heteroatoms. The number of amides is 4. The topological polar surface area (TPSA) is 216 Å². The van der Waals surface area contributed by atoms with E-state index in [9.17, 15) is 23.7 Å². The Morgan fingerprint density at radius 1 is 0.803 bits per heavy atom. The molecule has 3 N–H and O–H groups in total. The number of nitrogens with one attached hydrogen (secondary N) is 3. The van der Waals surface area contributed by atoms with Crippen molar-refractivity contribution in [2.24, 2.45) is 13.0 Å². The number of methoxy groups -OCH3 is 1. The van der Waals surface area contributed by atoms with E-state index in [1.165, 1.54) is 12.3 Å². The second-order valence-electron chi connectivity index (χ2n) is 20.6. The minimum absolute atomic E-state index is 0.0151. The van der Waals surface area contributed by atoms with Gasteiger partial charge in [-0.3, -0.25) is 48.9 Å². The number of carbonyl (C=O) groups is 4. The highest BCUT2D eigenvalue weighted by Gasteiger charge is 2.45. The second-order valence-corrected chi connectivity index (χ2v) is 24.2. The molecule has 3 aromatic carbocycles. The predicted octanol–water partition coefficient (Wildman–Crippen LogP) is 6.26. The fourth-order valence-corrected chi connectivity index (χ4v) is 13.1. The van der Waals surface area contributed by atoms with Gasteiger partial charge >= 0.3 is 0 Å². The first-order chi connectivity index (χ1) is 36.6. The van der Waals surface area contributed by atoms with E-state index in [1.54, 1.807) is 37.5 Å². The highest BCUT2D eigenvalue weighted by molar-refractivity contribution is 7.71. The summed E-state index contributed by atoms with van der Waals surface area (Å²) in [7, 11) is 0.696. The van der Waals surface area contributed by atoms with Crippen LogP contribution < -0.4 is 35.8 Å². The molecule has 0 bridgehead atoms. The van der Waals surface area contributed by atoms with Crippen molar-refractivity contribution in [1.29, 1.82) is 0 Å². The third-order valence-corrected chi connectivity index (χ3v) is 17.2. The lowest BCUT2D eigenvalue weighted by Crippen LogP contribution is -2.54. The smallest absolute Gasteiger partial charge is 0.262 e. The summed E-state index contributed by atoms with van der Waals surface area (Å²) in [5, 5.41) is 14.2. The van der Waals surface area contributed by atoms with Crippen LogP contribution >= 0.6 is 18.7 Å². The van der Waals surface area contributed by atoms with Crippen LogP contribution in [0.25, 0.3) is 22.2 Å². The Morgan fingerprint density at radius 3 is 2.22 bits per heavy atom. The fourth-order valence-electron chi connectivity index (χ4n) is 11.6. The molecule has 0 unspecified atom stereocenters. The van der Waals surface area contributed by atoms with Crippen LogP contribution in [0.1, 0.15) is 59.2 Å². The highest BCUT2D eigenvalue weighted by Crippen LogP contribution is 2.44. The van der Waals surface area contributed by atoms with Crippen molar-refractivity contribution in [3.63, 3.8) is 0 Å². The lowest BCUT2D eigenvalue weighted by Gasteiger charge is -2.44. The monoisotopic (exact) mass is 1070 g/mol. The molecule has 20 nitrogen and oxygen atoms in total. The maximum Gasteiger partial charge on any atom is 0.262 e. The van der Waals surface area contributed by atoms with E-state index in [-0.39, 0.29) is 40.6 Å². The predicted molar refractivity (Wildman–Crippen MR) is 289 cm³/mol. The van der Waals surface area contributed by atoms with Crippen LogP contribution in [0, 0.1) is 11.7 Å². The van der Waals surface area contributed by atoms with Crippen molar-refractivity contribution in [3.8, 4) is 16.9 Å². The average Bonchev–Trinajstić information content (AvgIpc) is 3.99. The maximum atomic E-state index is 15.6. The largest absolute Gasteiger partial charge is 0.494 e. The van der Waals surface area contributed by atoms with Gasteiger partial charge in [0.2, 0.25) is 17.8 Å². The van der Waals surface area contributed by atoms with Crippen LogP contribution in [0.2, 0.25) is 5.02 Å². The zero-order valence-electron chi connectivity index (χ0n) is 42.8. The quantitative estimate of drug-likeness (QED) is 0.0859. The lowest BCUT2D eigenvalue weighted by atomic mass is 9.92. The van der Waals surface area contributed by atoms with Crippen molar-refractivity contribution < 1.29 is 32.9 Å². The summed E-state index contributed by atoms with van der Waals surface area (Å²) in [5.74, 6) is -1.34. The minimum atomic E-state index is -2.85. The summed E-state index contributed by atoms with van der Waals surface area (Å²) in [4.78, 5) is 79.4. The van der Waals surface area contributed by atoms with E-state index in [4.69, 9.17) is 21.3 Å². The number of likely N-dealkylation sites (tertiary alicyclic amines) is 1. The van der Waals surface area contributed by atoms with Gasteiger partial charge in [-0.25, -0.2) is 9.37 Å². The molecule has 0 spiro atoms. The van der Waals surface area contributed by atoms with Crippen LogP contribution in [0.3, 0.4) is 0 Å². The summed E-state index contributed by atoms with van der Waals surface area (Å²) in [6.45, 7) is 10.8. The standard InChI is InChI=1S/C53H59ClFN14O6P/c1-64-30-32(27-59-64)34-24-41(61-53-58-28-37(54)49(63-53)60-40-6-5-39-47(57-14-13-56-39)48(40)76(3,4)74)45(75-2)26-43(34)67-17-11-33(12-18-67)66-15-9-31(10-16-66)29-65-19-21-68(22-20-65)44-25-36-35(23-38(44)55)51(72)69(52(36)73)42-7-8-46(70)62-50(42)71/h5-6,13-14,23-28,30-31,33,42H,7-12,15-22,29H2,1-4H3,(H,62,70,71)(H2,58,60,61,63)/t42-/m0/s1. The van der Waals surface area contributed by atoms with Gasteiger partial charge in [-0.2, -0.15) is 10.1 Å². The number of aromatic nitrogens is 6. The number of piperazine rings is 1. The number of halogens is 2. The Morgan fingerprint density at radius 2 is 1.53 bits per heavy atom. The molecule has 8 heterocycles. The van der Waals surface area contributed by atoms with Crippen LogP contribution in [0.4, 0.5) is 38.9 Å². The third kappa shape index (κ3) is 10.1. The number of imide groups is 2. The van der Waals surface area contributed by atoms with Gasteiger partial charge < -0.3 is 34.6 Å². The van der Waals surface area contributed by atoms with Crippen LogP contribution in [0.15, 0.2) is 67.4 Å². The van der Waals surface area contributed by atoms with Crippen molar-refractivity contribution in [2.45, 2.75) is 50.6 Å². The van der Waals surface area contributed by atoms with Gasteiger partial charge in [0.25, 0.3) is 11.8 Å². The van der Waals surface area contributed by atoms with Gasteiger partial charge in [-0.1, -0.05) is 11.6 Å². The van der Waals surface area contributed by atoms with Gasteiger partial charge in [0.1, 0.15) is 35.3 Å². The van der Waals surface area contributed by atoms with E-state index in [0.29, 0.717) is 64.3 Å². The van der Waals surface area contributed by atoms with Gasteiger partial charge in [0.15, 0.2) is 5.82 Å². The average molecular weight is 1070 g/mol. The van der Waals surface area contributed by atoms with E-state index < -0.39 is 42.6 Å². The molecule has 1 atom stereocenters. The Kier molecular flexibility index (Phi) is 14.0. The fraction of sp³-hybridized carbons (Fsp3) is 0.415. The summed E-state index contributed by atoms with van der Waals surface area (Å²) in [5.41, 5.74) is 5.66.